The molecule has 5 aromatic rings. The predicted octanol–water partition coefficient (Wildman–Crippen LogP) is 9.49. The molecule has 0 bridgehead atoms. The minimum absolute atomic E-state index is 0.0638. The fraction of sp³-hybridized carbons (Fsp3) is 0.190. The summed E-state index contributed by atoms with van der Waals surface area (Å²) in [7, 11) is 0. The molecule has 0 radical (unpaired) electrons. The van der Waals surface area contributed by atoms with Gasteiger partial charge in [-0.3, -0.25) is 14.4 Å². The summed E-state index contributed by atoms with van der Waals surface area (Å²) < 4.78 is 6.26. The number of halogens is 1. The van der Waals surface area contributed by atoms with E-state index in [1.807, 2.05) is 54.6 Å². The lowest BCUT2D eigenvalue weighted by Crippen LogP contribution is -2.30. The number of amides is 3. The van der Waals surface area contributed by atoms with Crippen LogP contribution >= 0.6 is 39.0 Å². The van der Waals surface area contributed by atoms with E-state index in [-0.39, 0.29) is 18.2 Å². The third-order valence-corrected chi connectivity index (χ3v) is 11.5. The van der Waals surface area contributed by atoms with Crippen LogP contribution in [0, 0.1) is 0 Å². The normalized spacial score (nSPS) is 14.4. The van der Waals surface area contributed by atoms with Gasteiger partial charge in [0.25, 0.3) is 11.8 Å². The third kappa shape index (κ3) is 9.72. The molecule has 3 N–H and O–H groups in total. The molecule has 0 fully saturated rings. The Hall–Kier alpha value is -4.97. The molecule has 1 aromatic heterocycles. The zero-order chi connectivity index (χ0) is 37.3. The van der Waals surface area contributed by atoms with E-state index in [9.17, 15) is 19.2 Å². The van der Waals surface area contributed by atoms with Gasteiger partial charge in [-0.1, -0.05) is 82.7 Å². The van der Waals surface area contributed by atoms with Crippen LogP contribution in [0.1, 0.15) is 68.5 Å². The average molecular weight is 809 g/mol. The van der Waals surface area contributed by atoms with Gasteiger partial charge in [-0.15, -0.1) is 23.1 Å². The van der Waals surface area contributed by atoms with Crippen molar-refractivity contribution in [2.45, 2.75) is 49.2 Å². The molecule has 1 aliphatic carbocycles. The van der Waals surface area contributed by atoms with Gasteiger partial charge in [-0.25, -0.2) is 4.79 Å². The average Bonchev–Trinajstić information content (AvgIpc) is 3.52. The van der Waals surface area contributed by atoms with E-state index in [0.717, 1.165) is 44.6 Å². The number of carbonyl (C=O) groups is 4. The second-order valence-electron chi connectivity index (χ2n) is 12.4. The number of hydrogen-bond acceptors (Lipinski definition) is 7. The van der Waals surface area contributed by atoms with E-state index in [4.69, 9.17) is 4.74 Å². The van der Waals surface area contributed by atoms with E-state index in [1.54, 1.807) is 62.4 Å². The summed E-state index contributed by atoms with van der Waals surface area (Å²) in [5.74, 6) is -1.26. The summed E-state index contributed by atoms with van der Waals surface area (Å²) >= 11 is 6.24. The number of nitrogens with one attached hydrogen (secondary N) is 3. The Morgan fingerprint density at radius 2 is 1.66 bits per heavy atom. The van der Waals surface area contributed by atoms with Gasteiger partial charge in [-0.2, -0.15) is 0 Å². The maximum absolute atomic E-state index is 13.6. The summed E-state index contributed by atoms with van der Waals surface area (Å²) in [6.45, 7) is 3.81. The molecule has 0 saturated heterocycles. The summed E-state index contributed by atoms with van der Waals surface area (Å²) in [6, 6.07) is 33.6. The van der Waals surface area contributed by atoms with Gasteiger partial charge in [0.2, 0.25) is 5.91 Å². The first-order chi connectivity index (χ1) is 25.7. The molecule has 0 spiro atoms. The van der Waals surface area contributed by atoms with Crippen LogP contribution in [0.15, 0.2) is 124 Å². The maximum Gasteiger partial charge on any atom is 0.341 e. The quantitative estimate of drug-likeness (QED) is 0.0658. The lowest BCUT2D eigenvalue weighted by molar-refractivity contribution is -0.115. The molecule has 270 valence electrons. The largest absolute Gasteiger partial charge is 0.462 e. The number of hydrogen-bond donors (Lipinski definition) is 3. The predicted molar refractivity (Wildman–Crippen MR) is 217 cm³/mol. The Balaban J connectivity index is 1.15. The third-order valence-electron chi connectivity index (χ3n) is 8.72. The highest BCUT2D eigenvalue weighted by Crippen LogP contribution is 2.43. The monoisotopic (exact) mass is 807 g/mol. The Morgan fingerprint density at radius 3 is 2.40 bits per heavy atom. The Kier molecular flexibility index (Phi) is 12.6. The lowest BCUT2D eigenvalue weighted by atomic mass is 9.83. The minimum atomic E-state index is -0.538. The van der Waals surface area contributed by atoms with Crippen LogP contribution in [-0.2, 0) is 27.2 Å². The van der Waals surface area contributed by atoms with Crippen molar-refractivity contribution >= 4 is 79.5 Å². The van der Waals surface area contributed by atoms with Crippen LogP contribution in [0.4, 0.5) is 10.7 Å². The molecule has 11 heteroatoms. The van der Waals surface area contributed by atoms with Crippen molar-refractivity contribution in [2.24, 2.45) is 0 Å². The number of benzene rings is 4. The molecule has 53 heavy (non-hydrogen) atoms. The molecular formula is C42H38BrN3O5S2. The number of fused-ring (bicyclic) bond motifs is 1. The Morgan fingerprint density at radius 1 is 0.925 bits per heavy atom. The molecule has 2 unspecified atom stereocenters. The lowest BCUT2D eigenvalue weighted by Gasteiger charge is -2.23. The van der Waals surface area contributed by atoms with Crippen molar-refractivity contribution in [1.29, 1.82) is 0 Å². The van der Waals surface area contributed by atoms with Crippen LogP contribution in [0.3, 0.4) is 0 Å². The highest BCUT2D eigenvalue weighted by atomic mass is 79.9. The molecule has 1 heterocycles. The second-order valence-corrected chi connectivity index (χ2v) is 15.9. The Bertz CT molecular complexity index is 2150. The molecule has 0 saturated carbocycles. The number of ether oxygens (including phenoxy) is 1. The van der Waals surface area contributed by atoms with Crippen LogP contribution in [0.5, 0.6) is 0 Å². The van der Waals surface area contributed by atoms with E-state index in [0.29, 0.717) is 27.7 Å². The number of thioether (sulfide) groups is 1. The number of anilines is 2. The number of rotatable bonds is 12. The highest BCUT2D eigenvalue weighted by molar-refractivity contribution is 9.10. The number of carbonyl (C=O) groups excluding carboxylic acids is 4. The molecular weight excluding hydrogens is 771 g/mol. The van der Waals surface area contributed by atoms with Crippen LogP contribution < -0.4 is 16.0 Å². The smallest absolute Gasteiger partial charge is 0.341 e. The van der Waals surface area contributed by atoms with Gasteiger partial charge in [-0.05, 0) is 104 Å². The van der Waals surface area contributed by atoms with Crippen molar-refractivity contribution in [2.75, 3.05) is 17.2 Å². The maximum atomic E-state index is 13.6. The van der Waals surface area contributed by atoms with Crippen molar-refractivity contribution in [3.05, 3.63) is 152 Å². The van der Waals surface area contributed by atoms with Crippen LogP contribution in [0.25, 0.3) is 6.08 Å². The fourth-order valence-electron chi connectivity index (χ4n) is 6.13. The van der Waals surface area contributed by atoms with Gasteiger partial charge in [0.15, 0.2) is 0 Å². The minimum Gasteiger partial charge on any atom is -0.462 e. The van der Waals surface area contributed by atoms with Gasteiger partial charge in [0, 0.05) is 25.5 Å². The van der Waals surface area contributed by atoms with Crippen molar-refractivity contribution in [3.8, 4) is 0 Å². The van der Waals surface area contributed by atoms with Crippen molar-refractivity contribution in [1.82, 2.24) is 5.32 Å². The SMILES string of the molecule is CCOC(=O)c1c(NC(=O)C(C)Sc2cccc(NC(=O)/C(=C\c3cccc(Br)c3)NC(=O)c3ccccc3)c2)sc2c1CCC(c1ccccc1)C2. The summed E-state index contributed by atoms with van der Waals surface area (Å²) in [6.07, 6.45) is 4.05. The van der Waals surface area contributed by atoms with E-state index in [2.05, 4.69) is 44.0 Å². The van der Waals surface area contributed by atoms with Crippen molar-refractivity contribution in [3.63, 3.8) is 0 Å². The molecule has 8 nitrogen and oxygen atoms in total. The topological polar surface area (TPSA) is 114 Å². The zero-order valence-electron chi connectivity index (χ0n) is 29.2. The molecule has 4 aromatic carbocycles. The van der Waals surface area contributed by atoms with Crippen LogP contribution in [0.2, 0.25) is 0 Å². The van der Waals surface area contributed by atoms with E-state index in [1.165, 1.54) is 28.7 Å². The first-order valence-electron chi connectivity index (χ1n) is 17.3. The molecule has 3 amide bonds. The molecule has 1 aliphatic rings. The molecule has 0 aliphatic heterocycles. The summed E-state index contributed by atoms with van der Waals surface area (Å²) in [5, 5.41) is 8.67. The van der Waals surface area contributed by atoms with Gasteiger partial charge in [0.1, 0.15) is 10.7 Å². The summed E-state index contributed by atoms with van der Waals surface area (Å²) in [4.78, 5) is 55.3. The van der Waals surface area contributed by atoms with Gasteiger partial charge in [0.05, 0.1) is 17.4 Å². The Labute approximate surface area is 325 Å². The summed E-state index contributed by atoms with van der Waals surface area (Å²) in [5.41, 5.74) is 4.38. The highest BCUT2D eigenvalue weighted by Gasteiger charge is 2.31. The fourth-order valence-corrected chi connectivity index (χ4v) is 8.79. The van der Waals surface area contributed by atoms with Crippen LogP contribution in [-0.4, -0.2) is 35.5 Å². The standard InChI is InChI=1S/C42H38BrN3O5S2/c1-3-51-42(50)37-34-21-20-30(28-13-6-4-7-14-28)24-36(34)53-41(37)46-38(47)26(2)52-33-19-11-18-32(25-33)44-40(49)35(23-27-12-10-17-31(43)22-27)45-39(48)29-15-8-5-9-16-29/h4-19,22-23,25-26,30H,3,20-21,24H2,1-2H3,(H,44,49)(H,45,48)(H,46,47)/b35-23+. The van der Waals surface area contributed by atoms with Gasteiger partial charge < -0.3 is 20.7 Å². The number of esters is 1. The van der Waals surface area contributed by atoms with Gasteiger partial charge >= 0.3 is 5.97 Å². The first kappa shape index (κ1) is 37.8. The number of thiophene rings is 1. The zero-order valence-corrected chi connectivity index (χ0v) is 32.4. The second kappa shape index (κ2) is 17.7. The van der Waals surface area contributed by atoms with Crippen molar-refractivity contribution < 1.29 is 23.9 Å². The van der Waals surface area contributed by atoms with E-state index >= 15 is 0 Å². The first-order valence-corrected chi connectivity index (χ1v) is 19.8. The molecule has 6 rings (SSSR count). The molecule has 2 atom stereocenters. The van der Waals surface area contributed by atoms with E-state index < -0.39 is 23.0 Å².